The van der Waals surface area contributed by atoms with Crippen molar-refractivity contribution in [3.8, 4) is 17.0 Å². The molecule has 0 spiro atoms. The van der Waals surface area contributed by atoms with Crippen LogP contribution in [0.1, 0.15) is 5.56 Å². The Morgan fingerprint density at radius 2 is 2.10 bits per heavy atom. The van der Waals surface area contributed by atoms with Crippen LogP contribution in [0.5, 0.6) is 5.75 Å². The predicted molar refractivity (Wildman–Crippen MR) is 86.8 cm³/mol. The van der Waals surface area contributed by atoms with Gasteiger partial charge in [-0.05, 0) is 30.7 Å². The van der Waals surface area contributed by atoms with Crippen LogP contribution in [0.4, 0.5) is 5.00 Å². The number of benzene rings is 1. The van der Waals surface area contributed by atoms with E-state index in [1.54, 1.807) is 23.5 Å². The summed E-state index contributed by atoms with van der Waals surface area (Å²) in [5.74, 6) is 0.209. The van der Waals surface area contributed by atoms with Gasteiger partial charge in [0, 0.05) is 24.0 Å². The van der Waals surface area contributed by atoms with E-state index in [-0.39, 0.29) is 5.75 Å². The summed E-state index contributed by atoms with van der Waals surface area (Å²) in [4.78, 5) is 0.881. The maximum Gasteiger partial charge on any atom is 0.148 e. The first-order chi connectivity index (χ1) is 10.2. The zero-order valence-electron chi connectivity index (χ0n) is 11.6. The maximum absolute atomic E-state index is 9.94. The number of phenols is 1. The molecule has 108 valence electrons. The van der Waals surface area contributed by atoms with Gasteiger partial charge in [-0.3, -0.25) is 0 Å². The van der Waals surface area contributed by atoms with E-state index in [2.05, 4.69) is 15.5 Å². The van der Waals surface area contributed by atoms with Gasteiger partial charge in [-0.1, -0.05) is 23.5 Å². The Morgan fingerprint density at radius 3 is 2.86 bits per heavy atom. The minimum Gasteiger partial charge on any atom is -0.507 e. The molecule has 2 heterocycles. The van der Waals surface area contributed by atoms with E-state index in [0.717, 1.165) is 27.3 Å². The molecule has 0 atom stereocenters. The molecule has 1 aromatic carbocycles. The quantitative estimate of drug-likeness (QED) is 0.690. The van der Waals surface area contributed by atoms with E-state index in [1.807, 2.05) is 25.1 Å². The first-order valence-electron chi connectivity index (χ1n) is 6.70. The van der Waals surface area contributed by atoms with Crippen LogP contribution in [0.25, 0.3) is 21.5 Å². The number of thiophene rings is 1. The molecule has 5 nitrogen and oxygen atoms in total. The Labute approximate surface area is 126 Å². The van der Waals surface area contributed by atoms with Gasteiger partial charge in [0.2, 0.25) is 0 Å². The number of phenolic OH excluding ortho intramolecular Hbond substituents is 1. The fraction of sp³-hybridized carbons (Fsp3) is 0.200. The van der Waals surface area contributed by atoms with Crippen LogP contribution in [0.3, 0.4) is 0 Å². The van der Waals surface area contributed by atoms with Crippen molar-refractivity contribution in [2.75, 3.05) is 18.4 Å². The van der Waals surface area contributed by atoms with Crippen molar-refractivity contribution in [2.24, 2.45) is 5.73 Å². The number of para-hydroxylation sites is 1. The third-order valence-corrected chi connectivity index (χ3v) is 4.46. The van der Waals surface area contributed by atoms with Crippen molar-refractivity contribution in [2.45, 2.75) is 6.92 Å². The van der Waals surface area contributed by atoms with Crippen LogP contribution in [0.2, 0.25) is 0 Å². The highest BCUT2D eigenvalue weighted by Crippen LogP contribution is 2.36. The van der Waals surface area contributed by atoms with Gasteiger partial charge in [0.05, 0.1) is 10.7 Å². The van der Waals surface area contributed by atoms with Crippen LogP contribution in [-0.2, 0) is 0 Å². The summed E-state index contributed by atoms with van der Waals surface area (Å²) in [5, 5.41) is 23.8. The Hall–Kier alpha value is -2.18. The largest absolute Gasteiger partial charge is 0.507 e. The van der Waals surface area contributed by atoms with Gasteiger partial charge in [0.1, 0.15) is 10.6 Å². The van der Waals surface area contributed by atoms with E-state index < -0.39 is 0 Å². The summed E-state index contributed by atoms with van der Waals surface area (Å²) < 4.78 is 0. The summed E-state index contributed by atoms with van der Waals surface area (Å²) in [6.45, 7) is 3.36. The molecular weight excluding hydrogens is 284 g/mol. The van der Waals surface area contributed by atoms with Crippen molar-refractivity contribution in [3.05, 3.63) is 35.9 Å². The van der Waals surface area contributed by atoms with E-state index in [4.69, 9.17) is 5.73 Å². The average molecular weight is 300 g/mol. The van der Waals surface area contributed by atoms with Gasteiger partial charge in [-0.15, -0.1) is 10.2 Å². The first kappa shape index (κ1) is 13.8. The molecule has 0 amide bonds. The number of nitrogens with zero attached hydrogens (tertiary/aromatic N) is 2. The van der Waals surface area contributed by atoms with Crippen molar-refractivity contribution in [1.82, 2.24) is 10.2 Å². The highest BCUT2D eigenvalue weighted by Gasteiger charge is 2.13. The smallest absolute Gasteiger partial charge is 0.148 e. The van der Waals surface area contributed by atoms with E-state index in [9.17, 15) is 5.11 Å². The highest BCUT2D eigenvalue weighted by molar-refractivity contribution is 7.22. The van der Waals surface area contributed by atoms with Gasteiger partial charge in [-0.2, -0.15) is 0 Å². The molecule has 21 heavy (non-hydrogen) atoms. The monoisotopic (exact) mass is 300 g/mol. The van der Waals surface area contributed by atoms with Gasteiger partial charge in [-0.25, -0.2) is 0 Å². The summed E-state index contributed by atoms with van der Waals surface area (Å²) in [6.07, 6.45) is 0. The van der Waals surface area contributed by atoms with Crippen molar-refractivity contribution < 1.29 is 5.11 Å². The Morgan fingerprint density at radius 1 is 1.29 bits per heavy atom. The number of rotatable bonds is 4. The molecule has 3 aromatic rings. The Kier molecular flexibility index (Phi) is 3.72. The summed E-state index contributed by atoms with van der Waals surface area (Å²) in [5.41, 5.74) is 8.02. The number of fused-ring (bicyclic) bond motifs is 1. The molecule has 0 bridgehead atoms. The summed E-state index contributed by atoms with van der Waals surface area (Å²) in [6, 6.07) is 9.11. The third-order valence-electron chi connectivity index (χ3n) is 3.31. The minimum atomic E-state index is 0.209. The number of anilines is 1. The lowest BCUT2D eigenvalue weighted by Crippen LogP contribution is -2.12. The van der Waals surface area contributed by atoms with Gasteiger partial charge in [0.15, 0.2) is 0 Å². The van der Waals surface area contributed by atoms with Crippen LogP contribution in [-0.4, -0.2) is 28.4 Å². The highest BCUT2D eigenvalue weighted by atomic mass is 32.1. The first-order valence-corrected chi connectivity index (χ1v) is 7.51. The zero-order valence-corrected chi connectivity index (χ0v) is 12.4. The molecule has 0 aliphatic rings. The molecule has 0 saturated heterocycles. The fourth-order valence-electron chi connectivity index (χ4n) is 2.20. The molecule has 0 saturated carbocycles. The lowest BCUT2D eigenvalue weighted by molar-refractivity contribution is 0.477. The molecule has 3 rings (SSSR count). The number of aromatic nitrogens is 2. The normalized spacial score (nSPS) is 11.0. The molecule has 0 aliphatic carbocycles. The maximum atomic E-state index is 9.94. The van der Waals surface area contributed by atoms with Gasteiger partial charge >= 0.3 is 0 Å². The summed E-state index contributed by atoms with van der Waals surface area (Å²) >= 11 is 1.57. The molecule has 0 aliphatic heterocycles. The van der Waals surface area contributed by atoms with Gasteiger partial charge in [0.25, 0.3) is 0 Å². The number of nitrogens with one attached hydrogen (secondary N) is 1. The number of aryl methyl sites for hydroxylation is 1. The zero-order chi connectivity index (χ0) is 14.8. The molecule has 4 N–H and O–H groups in total. The van der Waals surface area contributed by atoms with E-state index in [1.165, 1.54) is 0 Å². The van der Waals surface area contributed by atoms with Crippen LogP contribution < -0.4 is 11.1 Å². The van der Waals surface area contributed by atoms with Crippen LogP contribution in [0.15, 0.2) is 30.3 Å². The molecular formula is C15H16N4OS. The van der Waals surface area contributed by atoms with Crippen molar-refractivity contribution >= 4 is 26.6 Å². The fourth-order valence-corrected chi connectivity index (χ4v) is 3.23. The molecule has 0 unspecified atom stereocenters. The Bertz CT molecular complexity index is 784. The second-order valence-electron chi connectivity index (χ2n) is 4.74. The molecule has 0 fully saturated rings. The van der Waals surface area contributed by atoms with Gasteiger partial charge < -0.3 is 16.2 Å². The molecule has 6 heteroatoms. The second-order valence-corrected chi connectivity index (χ2v) is 5.74. The lowest BCUT2D eigenvalue weighted by Gasteiger charge is -2.03. The SMILES string of the molecule is Cc1c(NCCN)sc2nnc(-c3ccccc3O)cc12. The Balaban J connectivity index is 2.08. The van der Waals surface area contributed by atoms with Crippen LogP contribution >= 0.6 is 11.3 Å². The summed E-state index contributed by atoms with van der Waals surface area (Å²) in [7, 11) is 0. The van der Waals surface area contributed by atoms with E-state index >= 15 is 0 Å². The average Bonchev–Trinajstić information content (AvgIpc) is 2.82. The van der Waals surface area contributed by atoms with Crippen molar-refractivity contribution in [1.29, 1.82) is 0 Å². The third kappa shape index (κ3) is 2.55. The number of aromatic hydroxyl groups is 1. The lowest BCUT2D eigenvalue weighted by atomic mass is 10.1. The standard InChI is InChI=1S/C15H16N4OS/c1-9-11-8-12(10-4-2-3-5-13(10)20)18-19-15(11)21-14(9)17-7-6-16/h2-5,8,17,20H,6-7,16H2,1H3. The van der Waals surface area contributed by atoms with Crippen molar-refractivity contribution in [3.63, 3.8) is 0 Å². The number of nitrogens with two attached hydrogens (primary N) is 1. The predicted octanol–water partition coefficient (Wildman–Crippen LogP) is 2.74. The molecule has 2 aromatic heterocycles. The molecule has 0 radical (unpaired) electrons. The minimum absolute atomic E-state index is 0.209. The topological polar surface area (TPSA) is 84.1 Å². The van der Waals surface area contributed by atoms with E-state index in [0.29, 0.717) is 17.8 Å². The number of hydrogen-bond acceptors (Lipinski definition) is 6. The van der Waals surface area contributed by atoms with Crippen LogP contribution in [0, 0.1) is 6.92 Å². The second kappa shape index (κ2) is 5.67. The number of hydrogen-bond donors (Lipinski definition) is 3.